The molecule has 1 aromatic carbocycles. The number of benzene rings is 1. The van der Waals surface area contributed by atoms with Gasteiger partial charge in [0.1, 0.15) is 17.8 Å². The highest BCUT2D eigenvalue weighted by molar-refractivity contribution is 5.89. The summed E-state index contributed by atoms with van der Waals surface area (Å²) in [6, 6.07) is 7.46. The van der Waals surface area contributed by atoms with Crippen molar-refractivity contribution in [3.05, 3.63) is 63.4 Å². The van der Waals surface area contributed by atoms with E-state index in [1.807, 2.05) is 32.0 Å². The zero-order valence-electron chi connectivity index (χ0n) is 16.6. The summed E-state index contributed by atoms with van der Waals surface area (Å²) in [5.74, 6) is 0.438. The summed E-state index contributed by atoms with van der Waals surface area (Å²) in [5, 5.41) is 15.6. The number of amides is 1. The molecule has 0 atom stereocenters. The molecule has 9 heteroatoms. The van der Waals surface area contributed by atoms with Crippen molar-refractivity contribution >= 4 is 22.6 Å². The quantitative estimate of drug-likeness (QED) is 0.571. The lowest BCUT2D eigenvalue weighted by Crippen LogP contribution is -2.31. The summed E-state index contributed by atoms with van der Waals surface area (Å²) >= 11 is 0. The molecule has 0 fully saturated rings. The maximum Gasteiger partial charge on any atom is 0.293 e. The van der Waals surface area contributed by atoms with Crippen LogP contribution in [0.15, 0.2) is 39.8 Å². The Morgan fingerprint density at radius 1 is 1.14 bits per heavy atom. The number of carbonyl (C=O) groups excluding carboxylic acids is 1. The first-order chi connectivity index (χ1) is 13.8. The SMILES string of the molecule is Cc1cc(NC(=O)Cn2nc(C)c3cnn(-c4ccc(C)c(C)c4)c3c2=O)no1. The predicted octanol–water partition coefficient (Wildman–Crippen LogP) is 2.44. The van der Waals surface area contributed by atoms with E-state index in [4.69, 9.17) is 4.52 Å². The molecule has 0 aliphatic rings. The lowest BCUT2D eigenvalue weighted by Gasteiger charge is -2.09. The number of hydrogen-bond acceptors (Lipinski definition) is 6. The number of aryl methyl sites for hydroxylation is 4. The van der Waals surface area contributed by atoms with Crippen molar-refractivity contribution in [1.82, 2.24) is 24.7 Å². The van der Waals surface area contributed by atoms with Crippen LogP contribution in [0.5, 0.6) is 0 Å². The fourth-order valence-electron chi connectivity index (χ4n) is 3.13. The van der Waals surface area contributed by atoms with Crippen molar-refractivity contribution in [2.24, 2.45) is 0 Å². The van der Waals surface area contributed by atoms with Crippen LogP contribution in [-0.4, -0.2) is 30.6 Å². The Labute approximate surface area is 165 Å². The van der Waals surface area contributed by atoms with Gasteiger partial charge in [-0.2, -0.15) is 10.2 Å². The predicted molar refractivity (Wildman–Crippen MR) is 107 cm³/mol. The van der Waals surface area contributed by atoms with Crippen LogP contribution in [0.2, 0.25) is 0 Å². The Balaban J connectivity index is 1.74. The smallest absolute Gasteiger partial charge is 0.293 e. The Morgan fingerprint density at radius 3 is 2.62 bits per heavy atom. The van der Waals surface area contributed by atoms with Crippen molar-refractivity contribution in [1.29, 1.82) is 0 Å². The largest absolute Gasteiger partial charge is 0.360 e. The van der Waals surface area contributed by atoms with E-state index in [2.05, 4.69) is 20.7 Å². The topological polar surface area (TPSA) is 108 Å². The van der Waals surface area contributed by atoms with Gasteiger partial charge < -0.3 is 9.84 Å². The molecule has 148 valence electrons. The van der Waals surface area contributed by atoms with Gasteiger partial charge in [-0.05, 0) is 51.0 Å². The maximum absolute atomic E-state index is 13.1. The van der Waals surface area contributed by atoms with Crippen molar-refractivity contribution in [3.63, 3.8) is 0 Å². The van der Waals surface area contributed by atoms with E-state index in [0.717, 1.165) is 21.5 Å². The van der Waals surface area contributed by atoms with Gasteiger partial charge in [-0.1, -0.05) is 11.2 Å². The summed E-state index contributed by atoms with van der Waals surface area (Å²) in [4.78, 5) is 25.5. The van der Waals surface area contributed by atoms with E-state index >= 15 is 0 Å². The Hall–Kier alpha value is -3.75. The average Bonchev–Trinajstić information content (AvgIpc) is 3.28. The molecule has 0 spiro atoms. The molecule has 0 saturated heterocycles. The number of carbonyl (C=O) groups is 1. The van der Waals surface area contributed by atoms with Gasteiger partial charge in [0.05, 0.1) is 17.6 Å². The second kappa shape index (κ2) is 7.01. The van der Waals surface area contributed by atoms with Crippen LogP contribution in [0.4, 0.5) is 5.82 Å². The molecule has 1 N–H and O–H groups in total. The molecule has 1 amide bonds. The van der Waals surface area contributed by atoms with E-state index in [1.54, 1.807) is 30.8 Å². The Morgan fingerprint density at radius 2 is 1.93 bits per heavy atom. The highest BCUT2D eigenvalue weighted by Crippen LogP contribution is 2.19. The molecule has 4 rings (SSSR count). The van der Waals surface area contributed by atoms with E-state index < -0.39 is 11.5 Å². The molecule has 0 aliphatic carbocycles. The molecule has 0 radical (unpaired) electrons. The second-order valence-corrected chi connectivity index (χ2v) is 7.01. The highest BCUT2D eigenvalue weighted by atomic mass is 16.5. The Kier molecular flexibility index (Phi) is 4.50. The van der Waals surface area contributed by atoms with Crippen molar-refractivity contribution in [3.8, 4) is 5.69 Å². The van der Waals surface area contributed by atoms with Gasteiger partial charge in [0.2, 0.25) is 5.91 Å². The molecule has 0 saturated carbocycles. The first-order valence-electron chi connectivity index (χ1n) is 9.10. The van der Waals surface area contributed by atoms with Crippen LogP contribution >= 0.6 is 0 Å². The second-order valence-electron chi connectivity index (χ2n) is 7.01. The molecule has 4 aromatic rings. The van der Waals surface area contributed by atoms with Crippen LogP contribution in [0.1, 0.15) is 22.6 Å². The van der Waals surface area contributed by atoms with Crippen molar-refractivity contribution in [2.75, 3.05) is 5.32 Å². The molecule has 9 nitrogen and oxygen atoms in total. The van der Waals surface area contributed by atoms with Crippen LogP contribution in [-0.2, 0) is 11.3 Å². The lowest BCUT2D eigenvalue weighted by molar-refractivity contribution is -0.117. The van der Waals surface area contributed by atoms with Gasteiger partial charge in [-0.15, -0.1) is 0 Å². The van der Waals surface area contributed by atoms with Gasteiger partial charge in [0.25, 0.3) is 5.56 Å². The molecular weight excluding hydrogens is 372 g/mol. The summed E-state index contributed by atoms with van der Waals surface area (Å²) in [6.07, 6.45) is 1.62. The third kappa shape index (κ3) is 3.42. The third-order valence-corrected chi connectivity index (χ3v) is 4.79. The number of anilines is 1. The fourth-order valence-corrected chi connectivity index (χ4v) is 3.13. The van der Waals surface area contributed by atoms with Gasteiger partial charge in [-0.3, -0.25) is 9.59 Å². The highest BCUT2D eigenvalue weighted by Gasteiger charge is 2.17. The zero-order chi connectivity index (χ0) is 20.7. The summed E-state index contributed by atoms with van der Waals surface area (Å²) in [5.41, 5.74) is 3.62. The third-order valence-electron chi connectivity index (χ3n) is 4.79. The van der Waals surface area contributed by atoms with Crippen molar-refractivity contribution in [2.45, 2.75) is 34.2 Å². The zero-order valence-corrected chi connectivity index (χ0v) is 16.6. The minimum atomic E-state index is -0.427. The van der Waals surface area contributed by atoms with Crippen LogP contribution in [0.25, 0.3) is 16.6 Å². The minimum absolute atomic E-state index is 0.250. The lowest BCUT2D eigenvalue weighted by atomic mass is 10.1. The monoisotopic (exact) mass is 392 g/mol. The molecule has 0 aliphatic heterocycles. The van der Waals surface area contributed by atoms with Crippen LogP contribution in [0.3, 0.4) is 0 Å². The van der Waals surface area contributed by atoms with E-state index in [9.17, 15) is 9.59 Å². The number of nitrogens with zero attached hydrogens (tertiary/aromatic N) is 5. The molecule has 0 unspecified atom stereocenters. The number of hydrogen-bond donors (Lipinski definition) is 1. The number of aromatic nitrogens is 5. The summed E-state index contributed by atoms with van der Waals surface area (Å²) < 4.78 is 7.66. The van der Waals surface area contributed by atoms with Gasteiger partial charge in [-0.25, -0.2) is 9.36 Å². The molecule has 0 bridgehead atoms. The summed E-state index contributed by atoms with van der Waals surface area (Å²) in [6.45, 7) is 7.28. The summed E-state index contributed by atoms with van der Waals surface area (Å²) in [7, 11) is 0. The minimum Gasteiger partial charge on any atom is -0.360 e. The number of rotatable bonds is 4. The van der Waals surface area contributed by atoms with Gasteiger partial charge in [0.15, 0.2) is 5.82 Å². The first kappa shape index (κ1) is 18.6. The molecular formula is C20H20N6O3. The normalized spacial score (nSPS) is 11.2. The van der Waals surface area contributed by atoms with E-state index in [-0.39, 0.29) is 6.54 Å². The standard InChI is InChI=1S/C20H20N6O3/c1-11-5-6-15(7-12(11)2)26-19-16(9-21-26)14(4)23-25(20(19)28)10-18(27)22-17-8-13(3)29-24-17/h5-9H,10H2,1-4H3,(H,22,24,27). The van der Waals surface area contributed by atoms with E-state index in [1.165, 1.54) is 0 Å². The van der Waals surface area contributed by atoms with Crippen LogP contribution < -0.4 is 10.9 Å². The fraction of sp³-hybridized carbons (Fsp3) is 0.250. The molecule has 3 aromatic heterocycles. The van der Waals surface area contributed by atoms with Gasteiger partial charge >= 0.3 is 0 Å². The van der Waals surface area contributed by atoms with Gasteiger partial charge in [0, 0.05) is 11.5 Å². The molecule has 3 heterocycles. The molecule has 29 heavy (non-hydrogen) atoms. The Bertz CT molecular complexity index is 1300. The van der Waals surface area contributed by atoms with E-state index in [0.29, 0.717) is 28.2 Å². The van der Waals surface area contributed by atoms with Crippen molar-refractivity contribution < 1.29 is 9.32 Å². The number of fused-ring (bicyclic) bond motifs is 1. The average molecular weight is 392 g/mol. The van der Waals surface area contributed by atoms with Crippen LogP contribution in [0, 0.1) is 27.7 Å². The number of nitrogens with one attached hydrogen (secondary N) is 1. The maximum atomic E-state index is 13.1. The first-order valence-corrected chi connectivity index (χ1v) is 9.10.